The molecule has 1 saturated carbocycles. The van der Waals surface area contributed by atoms with Gasteiger partial charge in [0.2, 0.25) is 0 Å². The maximum atomic E-state index is 13.7. The van der Waals surface area contributed by atoms with Crippen molar-refractivity contribution in [2.75, 3.05) is 13.7 Å². The van der Waals surface area contributed by atoms with E-state index in [-0.39, 0.29) is 23.3 Å². The Bertz CT molecular complexity index is 507. The van der Waals surface area contributed by atoms with Crippen LogP contribution in [0, 0.1) is 28.4 Å². The highest BCUT2D eigenvalue weighted by Crippen LogP contribution is 2.39. The predicted octanol–water partition coefficient (Wildman–Crippen LogP) is 2.76. The lowest BCUT2D eigenvalue weighted by Crippen LogP contribution is -2.38. The van der Waals surface area contributed by atoms with E-state index in [2.05, 4.69) is 11.4 Å². The number of hydrogen-bond acceptors (Lipinski definition) is 3. The van der Waals surface area contributed by atoms with E-state index in [0.29, 0.717) is 6.54 Å². The molecule has 0 aliphatic heterocycles. The third kappa shape index (κ3) is 2.85. The van der Waals surface area contributed by atoms with Crippen molar-refractivity contribution >= 4 is 0 Å². The van der Waals surface area contributed by atoms with E-state index in [1.54, 1.807) is 0 Å². The molecule has 0 amide bonds. The summed E-state index contributed by atoms with van der Waals surface area (Å²) in [5.74, 6) is -1.20. The van der Waals surface area contributed by atoms with Crippen LogP contribution in [0.4, 0.5) is 8.78 Å². The molecule has 102 valence electrons. The summed E-state index contributed by atoms with van der Waals surface area (Å²) in [6.07, 6.45) is 2.80. The highest BCUT2D eigenvalue weighted by molar-refractivity contribution is 5.30. The molecular formula is C14H16F2N2O. The Kier molecular flexibility index (Phi) is 4.01. The van der Waals surface area contributed by atoms with Crippen molar-refractivity contribution in [3.05, 3.63) is 29.3 Å². The molecule has 19 heavy (non-hydrogen) atoms. The van der Waals surface area contributed by atoms with E-state index in [1.165, 1.54) is 7.11 Å². The van der Waals surface area contributed by atoms with Gasteiger partial charge in [0.1, 0.15) is 5.82 Å². The van der Waals surface area contributed by atoms with E-state index in [0.717, 1.165) is 31.4 Å². The molecule has 3 nitrogen and oxygen atoms in total. The number of hydrogen-bond donors (Lipinski definition) is 1. The average Bonchev–Trinajstić information content (AvgIpc) is 2.36. The molecule has 0 saturated heterocycles. The van der Waals surface area contributed by atoms with Crippen LogP contribution in [0.15, 0.2) is 12.1 Å². The lowest BCUT2D eigenvalue weighted by atomic mass is 9.70. The van der Waals surface area contributed by atoms with Gasteiger partial charge in [-0.05, 0) is 18.9 Å². The number of nitrogens with zero attached hydrogens (tertiary/aromatic N) is 1. The summed E-state index contributed by atoms with van der Waals surface area (Å²) in [4.78, 5) is 0. The summed E-state index contributed by atoms with van der Waals surface area (Å²) < 4.78 is 31.8. The Hall–Kier alpha value is -1.67. The lowest BCUT2D eigenvalue weighted by Gasteiger charge is -2.35. The maximum Gasteiger partial charge on any atom is 0.165 e. The lowest BCUT2D eigenvalue weighted by molar-refractivity contribution is 0.206. The van der Waals surface area contributed by atoms with Crippen molar-refractivity contribution in [3.8, 4) is 11.8 Å². The largest absolute Gasteiger partial charge is 0.494 e. The summed E-state index contributed by atoms with van der Waals surface area (Å²) >= 11 is 0. The van der Waals surface area contributed by atoms with Crippen LogP contribution >= 0.6 is 0 Å². The fourth-order valence-corrected chi connectivity index (χ4v) is 2.23. The smallest absolute Gasteiger partial charge is 0.165 e. The topological polar surface area (TPSA) is 45.0 Å². The second-order valence-corrected chi connectivity index (χ2v) is 4.93. The van der Waals surface area contributed by atoms with Gasteiger partial charge >= 0.3 is 0 Å². The minimum absolute atomic E-state index is 0.103. The highest BCUT2D eigenvalue weighted by atomic mass is 19.1. The SMILES string of the molecule is COc1cc(F)c(CNCC2(C#N)CCC2)cc1F. The van der Waals surface area contributed by atoms with Gasteiger partial charge in [0.25, 0.3) is 0 Å². The van der Waals surface area contributed by atoms with Crippen molar-refractivity contribution in [2.45, 2.75) is 25.8 Å². The fraction of sp³-hybridized carbons (Fsp3) is 0.500. The van der Waals surface area contributed by atoms with E-state index in [4.69, 9.17) is 10.00 Å². The molecule has 0 unspecified atom stereocenters. The molecule has 1 N–H and O–H groups in total. The van der Waals surface area contributed by atoms with Crippen LogP contribution in [0.3, 0.4) is 0 Å². The van der Waals surface area contributed by atoms with Gasteiger partial charge in [-0.2, -0.15) is 5.26 Å². The second-order valence-electron chi connectivity index (χ2n) is 4.93. The standard InChI is InChI=1S/C14H16F2N2O/c1-19-13-6-11(15)10(5-12(13)16)7-18-9-14(8-17)3-2-4-14/h5-6,18H,2-4,7,9H2,1H3. The third-order valence-corrected chi connectivity index (χ3v) is 3.65. The zero-order valence-corrected chi connectivity index (χ0v) is 10.8. The second kappa shape index (κ2) is 5.54. The highest BCUT2D eigenvalue weighted by Gasteiger charge is 2.36. The number of benzene rings is 1. The minimum atomic E-state index is -0.584. The molecule has 1 aromatic rings. The van der Waals surface area contributed by atoms with Gasteiger partial charge in [-0.25, -0.2) is 8.78 Å². The van der Waals surface area contributed by atoms with Crippen molar-refractivity contribution in [1.82, 2.24) is 5.32 Å². The average molecular weight is 266 g/mol. The molecular weight excluding hydrogens is 250 g/mol. The van der Waals surface area contributed by atoms with E-state index >= 15 is 0 Å². The fourth-order valence-electron chi connectivity index (χ4n) is 2.23. The predicted molar refractivity (Wildman–Crippen MR) is 66.5 cm³/mol. The Labute approximate surface area is 111 Å². The summed E-state index contributed by atoms with van der Waals surface area (Å²) in [5, 5.41) is 12.1. The van der Waals surface area contributed by atoms with Crippen molar-refractivity contribution in [3.63, 3.8) is 0 Å². The summed E-state index contributed by atoms with van der Waals surface area (Å²) in [6, 6.07) is 4.46. The summed E-state index contributed by atoms with van der Waals surface area (Å²) in [6.45, 7) is 0.715. The first kappa shape index (κ1) is 13.8. The molecule has 1 aromatic carbocycles. The van der Waals surface area contributed by atoms with Crippen LogP contribution in [0.25, 0.3) is 0 Å². The zero-order chi connectivity index (χ0) is 13.9. The third-order valence-electron chi connectivity index (χ3n) is 3.65. The van der Waals surface area contributed by atoms with E-state index in [1.807, 2.05) is 0 Å². The van der Waals surface area contributed by atoms with Gasteiger partial charge in [0.05, 0.1) is 18.6 Å². The summed E-state index contributed by atoms with van der Waals surface area (Å²) in [7, 11) is 1.29. The first-order valence-electron chi connectivity index (χ1n) is 6.24. The van der Waals surface area contributed by atoms with Crippen LogP contribution in [-0.2, 0) is 6.54 Å². The van der Waals surface area contributed by atoms with E-state index < -0.39 is 11.6 Å². The van der Waals surface area contributed by atoms with Crippen molar-refractivity contribution in [1.29, 1.82) is 5.26 Å². The molecule has 0 bridgehead atoms. The Balaban J connectivity index is 1.96. The van der Waals surface area contributed by atoms with Crippen LogP contribution in [0.1, 0.15) is 24.8 Å². The molecule has 0 heterocycles. The molecule has 1 aliphatic carbocycles. The number of methoxy groups -OCH3 is 1. The molecule has 1 aliphatic rings. The molecule has 0 radical (unpaired) electrons. The van der Waals surface area contributed by atoms with Crippen molar-refractivity contribution in [2.24, 2.45) is 5.41 Å². The Morgan fingerprint density at radius 2 is 2.11 bits per heavy atom. The first-order chi connectivity index (χ1) is 9.10. The first-order valence-corrected chi connectivity index (χ1v) is 6.24. The zero-order valence-electron chi connectivity index (χ0n) is 10.8. The normalized spacial score (nSPS) is 16.5. The maximum absolute atomic E-state index is 13.7. The van der Waals surface area contributed by atoms with Crippen LogP contribution in [-0.4, -0.2) is 13.7 Å². The number of halogens is 2. The monoisotopic (exact) mass is 266 g/mol. The number of ether oxygens (including phenoxy) is 1. The minimum Gasteiger partial charge on any atom is -0.494 e. The van der Waals surface area contributed by atoms with E-state index in [9.17, 15) is 8.78 Å². The molecule has 5 heteroatoms. The van der Waals surface area contributed by atoms with Crippen molar-refractivity contribution < 1.29 is 13.5 Å². The van der Waals surface area contributed by atoms with Gasteiger partial charge in [0, 0.05) is 24.7 Å². The van der Waals surface area contributed by atoms with Gasteiger partial charge in [-0.3, -0.25) is 0 Å². The van der Waals surface area contributed by atoms with Crippen LogP contribution < -0.4 is 10.1 Å². The summed E-state index contributed by atoms with van der Waals surface area (Å²) in [5.41, 5.74) is -0.0766. The molecule has 0 spiro atoms. The van der Waals surface area contributed by atoms with Crippen LogP contribution in [0.2, 0.25) is 0 Å². The number of rotatable bonds is 5. The Morgan fingerprint density at radius 1 is 1.37 bits per heavy atom. The molecule has 0 atom stereocenters. The van der Waals surface area contributed by atoms with Gasteiger partial charge < -0.3 is 10.1 Å². The molecule has 1 fully saturated rings. The molecule has 2 rings (SSSR count). The van der Waals surface area contributed by atoms with Gasteiger partial charge in [-0.15, -0.1) is 0 Å². The quantitative estimate of drug-likeness (QED) is 0.891. The number of nitrogens with one attached hydrogen (secondary N) is 1. The molecule has 0 aromatic heterocycles. The Morgan fingerprint density at radius 3 is 2.63 bits per heavy atom. The number of nitriles is 1. The van der Waals surface area contributed by atoms with Gasteiger partial charge in [-0.1, -0.05) is 6.42 Å². The van der Waals surface area contributed by atoms with Gasteiger partial charge in [0.15, 0.2) is 11.6 Å². The van der Waals surface area contributed by atoms with Crippen LogP contribution in [0.5, 0.6) is 5.75 Å².